The fourth-order valence-corrected chi connectivity index (χ4v) is 3.37. The third kappa shape index (κ3) is 2.83. The number of halogens is 4. The van der Waals surface area contributed by atoms with Gasteiger partial charge in [-0.25, -0.2) is 4.39 Å². The Hall–Kier alpha value is -2.16. The van der Waals surface area contributed by atoms with E-state index >= 15 is 0 Å². The third-order valence-electron chi connectivity index (χ3n) is 4.40. The van der Waals surface area contributed by atoms with Crippen molar-refractivity contribution in [1.82, 2.24) is 0 Å². The van der Waals surface area contributed by atoms with E-state index in [0.29, 0.717) is 25.0 Å². The summed E-state index contributed by atoms with van der Waals surface area (Å²) in [5, 5.41) is 11.5. The first kappa shape index (κ1) is 16.7. The number of aliphatic carboxylic acids is 1. The van der Waals surface area contributed by atoms with Gasteiger partial charge in [-0.2, -0.15) is 13.2 Å². The Bertz CT molecular complexity index is 691. The standard InChI is InChI=1S/C15H13F4NO4/c16-8-2-1-6(5-7(8)15(17,18)19)20-13(21)11-9-3-4-10(24-9)12(11)14(22)23/h1-2,5,9-12H,3-4H2,(H,20,21)(H,22,23)/t9-,10+,11+,12-/m1/s1. The lowest BCUT2D eigenvalue weighted by atomic mass is 9.78. The average Bonchev–Trinajstić information content (AvgIpc) is 3.08. The lowest BCUT2D eigenvalue weighted by molar-refractivity contribution is -0.147. The molecule has 0 aliphatic carbocycles. The molecule has 2 heterocycles. The van der Waals surface area contributed by atoms with E-state index < -0.39 is 53.5 Å². The molecule has 1 aromatic carbocycles. The summed E-state index contributed by atoms with van der Waals surface area (Å²) in [6.07, 6.45) is -4.99. The summed E-state index contributed by atoms with van der Waals surface area (Å²) in [4.78, 5) is 23.7. The van der Waals surface area contributed by atoms with Crippen molar-refractivity contribution < 1.29 is 37.0 Å². The maximum Gasteiger partial charge on any atom is 0.419 e. The van der Waals surface area contributed by atoms with Gasteiger partial charge in [0.2, 0.25) is 5.91 Å². The van der Waals surface area contributed by atoms with Crippen LogP contribution in [0.3, 0.4) is 0 Å². The highest BCUT2D eigenvalue weighted by Crippen LogP contribution is 2.44. The normalized spacial score (nSPS) is 28.8. The molecule has 0 unspecified atom stereocenters. The molecule has 0 saturated carbocycles. The van der Waals surface area contributed by atoms with Gasteiger partial charge in [0.05, 0.1) is 29.6 Å². The number of carbonyl (C=O) groups is 2. The van der Waals surface area contributed by atoms with Gasteiger partial charge in [0.15, 0.2) is 0 Å². The second-order valence-corrected chi connectivity index (χ2v) is 5.86. The summed E-state index contributed by atoms with van der Waals surface area (Å²) in [5.74, 6) is -5.40. The molecule has 3 rings (SSSR count). The lowest BCUT2D eigenvalue weighted by Gasteiger charge is -2.24. The number of ether oxygens (including phenoxy) is 1. The summed E-state index contributed by atoms with van der Waals surface area (Å²) < 4.78 is 56.8. The van der Waals surface area contributed by atoms with E-state index in [1.54, 1.807) is 0 Å². The Labute approximate surface area is 133 Å². The van der Waals surface area contributed by atoms with Crippen LogP contribution in [0.25, 0.3) is 0 Å². The van der Waals surface area contributed by atoms with Gasteiger partial charge in [0, 0.05) is 5.69 Å². The molecular weight excluding hydrogens is 334 g/mol. The zero-order valence-corrected chi connectivity index (χ0v) is 12.1. The topological polar surface area (TPSA) is 75.6 Å². The molecule has 2 aliphatic heterocycles. The van der Waals surface area contributed by atoms with E-state index in [9.17, 15) is 32.3 Å². The van der Waals surface area contributed by atoms with Crippen molar-refractivity contribution in [3.8, 4) is 0 Å². The molecule has 1 aromatic rings. The summed E-state index contributed by atoms with van der Waals surface area (Å²) in [6, 6.07) is 2.08. The maximum atomic E-state index is 13.3. The SMILES string of the molecule is O=C(Nc1ccc(F)c(C(F)(F)F)c1)[C@@H]1[C@H](C(=O)O)[C@@H]2CC[C@H]1O2. The van der Waals surface area contributed by atoms with Crippen LogP contribution in [0.5, 0.6) is 0 Å². The van der Waals surface area contributed by atoms with Gasteiger partial charge in [-0.15, -0.1) is 0 Å². The van der Waals surface area contributed by atoms with E-state index in [1.165, 1.54) is 0 Å². The van der Waals surface area contributed by atoms with Gasteiger partial charge in [0.25, 0.3) is 0 Å². The smallest absolute Gasteiger partial charge is 0.419 e. The van der Waals surface area contributed by atoms with Crippen molar-refractivity contribution in [3.63, 3.8) is 0 Å². The van der Waals surface area contributed by atoms with Gasteiger partial charge in [-0.05, 0) is 31.0 Å². The molecule has 0 spiro atoms. The monoisotopic (exact) mass is 347 g/mol. The number of hydrogen-bond acceptors (Lipinski definition) is 3. The number of carboxylic acids is 1. The molecule has 0 radical (unpaired) electrons. The van der Waals surface area contributed by atoms with E-state index in [2.05, 4.69) is 5.32 Å². The first-order chi connectivity index (χ1) is 11.2. The van der Waals surface area contributed by atoms with E-state index in [0.717, 1.165) is 6.07 Å². The number of nitrogens with one attached hydrogen (secondary N) is 1. The quantitative estimate of drug-likeness (QED) is 0.825. The fraction of sp³-hybridized carbons (Fsp3) is 0.467. The van der Waals surface area contributed by atoms with Crippen LogP contribution < -0.4 is 5.32 Å². The maximum absolute atomic E-state index is 13.3. The van der Waals surface area contributed by atoms with Crippen LogP contribution in [0, 0.1) is 17.7 Å². The van der Waals surface area contributed by atoms with Crippen molar-refractivity contribution in [1.29, 1.82) is 0 Å². The number of carbonyl (C=O) groups excluding carboxylic acids is 1. The van der Waals surface area contributed by atoms with Gasteiger partial charge in [-0.1, -0.05) is 0 Å². The van der Waals surface area contributed by atoms with Gasteiger partial charge in [0.1, 0.15) is 5.82 Å². The molecule has 2 aliphatic rings. The Balaban J connectivity index is 1.81. The lowest BCUT2D eigenvalue weighted by Crippen LogP contribution is -2.41. The van der Waals surface area contributed by atoms with E-state index in [1.807, 2.05) is 0 Å². The number of alkyl halides is 3. The molecule has 2 bridgehead atoms. The number of carboxylic acid groups (broad SMARTS) is 1. The first-order valence-corrected chi connectivity index (χ1v) is 7.24. The van der Waals surface area contributed by atoms with Gasteiger partial charge >= 0.3 is 12.1 Å². The van der Waals surface area contributed by atoms with Crippen LogP contribution in [0.1, 0.15) is 18.4 Å². The number of amides is 1. The highest BCUT2D eigenvalue weighted by Gasteiger charge is 2.55. The second-order valence-electron chi connectivity index (χ2n) is 5.86. The number of rotatable bonds is 3. The molecule has 4 atom stereocenters. The molecule has 5 nitrogen and oxygen atoms in total. The number of fused-ring (bicyclic) bond motifs is 2. The van der Waals surface area contributed by atoms with Crippen molar-refractivity contribution in [3.05, 3.63) is 29.6 Å². The van der Waals surface area contributed by atoms with Crippen molar-refractivity contribution >= 4 is 17.6 Å². The predicted octanol–water partition coefficient (Wildman–Crippen LogP) is 2.66. The largest absolute Gasteiger partial charge is 0.481 e. The average molecular weight is 347 g/mol. The van der Waals surface area contributed by atoms with Crippen LogP contribution in [0.4, 0.5) is 23.2 Å². The first-order valence-electron chi connectivity index (χ1n) is 7.24. The van der Waals surface area contributed by atoms with E-state index in [4.69, 9.17) is 4.74 Å². The molecule has 1 amide bonds. The summed E-state index contributed by atoms with van der Waals surface area (Å²) in [6.45, 7) is 0. The molecule has 24 heavy (non-hydrogen) atoms. The molecule has 2 fully saturated rings. The number of benzene rings is 1. The fourth-order valence-electron chi connectivity index (χ4n) is 3.37. The molecule has 130 valence electrons. The summed E-state index contributed by atoms with van der Waals surface area (Å²) in [7, 11) is 0. The zero-order chi connectivity index (χ0) is 17.6. The van der Waals surface area contributed by atoms with E-state index in [-0.39, 0.29) is 5.69 Å². The van der Waals surface area contributed by atoms with Crippen LogP contribution in [0.2, 0.25) is 0 Å². The second kappa shape index (κ2) is 5.73. The van der Waals surface area contributed by atoms with Crippen LogP contribution in [-0.4, -0.2) is 29.2 Å². The summed E-state index contributed by atoms with van der Waals surface area (Å²) >= 11 is 0. The Morgan fingerprint density at radius 3 is 2.38 bits per heavy atom. The Morgan fingerprint density at radius 1 is 1.17 bits per heavy atom. The Kier molecular flexibility index (Phi) is 3.98. The van der Waals surface area contributed by atoms with Crippen molar-refractivity contribution in [2.45, 2.75) is 31.2 Å². The molecule has 2 N–H and O–H groups in total. The minimum atomic E-state index is -4.90. The molecule has 0 aromatic heterocycles. The van der Waals surface area contributed by atoms with Gasteiger partial charge < -0.3 is 15.2 Å². The Morgan fingerprint density at radius 2 is 1.79 bits per heavy atom. The molecule has 2 saturated heterocycles. The highest BCUT2D eigenvalue weighted by atomic mass is 19.4. The third-order valence-corrected chi connectivity index (χ3v) is 4.40. The number of anilines is 1. The molecular formula is C15H13F4NO4. The minimum Gasteiger partial charge on any atom is -0.481 e. The van der Waals surface area contributed by atoms with Crippen LogP contribution in [-0.2, 0) is 20.5 Å². The molecule has 9 heteroatoms. The highest BCUT2D eigenvalue weighted by molar-refractivity contribution is 5.96. The minimum absolute atomic E-state index is 0.249. The summed E-state index contributed by atoms with van der Waals surface area (Å²) in [5.41, 5.74) is -1.75. The number of hydrogen-bond donors (Lipinski definition) is 2. The predicted molar refractivity (Wildman–Crippen MR) is 72.5 cm³/mol. The van der Waals surface area contributed by atoms with Crippen molar-refractivity contribution in [2.24, 2.45) is 11.8 Å². The van der Waals surface area contributed by atoms with Gasteiger partial charge in [-0.3, -0.25) is 9.59 Å². The van der Waals surface area contributed by atoms with Crippen LogP contribution in [0.15, 0.2) is 18.2 Å². The van der Waals surface area contributed by atoms with Crippen LogP contribution >= 0.6 is 0 Å². The van der Waals surface area contributed by atoms with Crippen molar-refractivity contribution in [2.75, 3.05) is 5.32 Å². The zero-order valence-electron chi connectivity index (χ0n) is 12.1.